The van der Waals surface area contributed by atoms with E-state index >= 15 is 0 Å². The van der Waals surface area contributed by atoms with Gasteiger partial charge in [0.1, 0.15) is 11.5 Å². The van der Waals surface area contributed by atoms with E-state index in [1.807, 2.05) is 11.4 Å². The summed E-state index contributed by atoms with van der Waals surface area (Å²) in [7, 11) is 0. The highest BCUT2D eigenvalue weighted by Crippen LogP contribution is 2.23. The minimum atomic E-state index is -0.376. The van der Waals surface area contributed by atoms with Crippen LogP contribution < -0.4 is 5.43 Å². The third-order valence-corrected chi connectivity index (χ3v) is 4.26. The van der Waals surface area contributed by atoms with Gasteiger partial charge in [-0.3, -0.25) is 4.79 Å². The molecule has 1 aromatic carbocycles. The number of hydrogen-bond acceptors (Lipinski definition) is 6. The third-order valence-electron chi connectivity index (χ3n) is 3.39. The molecular weight excluding hydrogens is 352 g/mol. The van der Waals surface area contributed by atoms with Gasteiger partial charge in [0.2, 0.25) is 0 Å². The van der Waals surface area contributed by atoms with E-state index in [2.05, 4.69) is 10.5 Å². The molecule has 132 valence electrons. The lowest BCUT2D eigenvalue weighted by Crippen LogP contribution is -2.15. The smallest absolute Gasteiger partial charge is 0.338 e. The van der Waals surface area contributed by atoms with Crippen molar-refractivity contribution in [2.45, 2.75) is 6.92 Å². The second kappa shape index (κ2) is 8.26. The van der Waals surface area contributed by atoms with Crippen LogP contribution in [-0.4, -0.2) is 24.7 Å². The van der Waals surface area contributed by atoms with Gasteiger partial charge in [-0.15, -0.1) is 11.3 Å². The molecule has 0 spiro atoms. The summed E-state index contributed by atoms with van der Waals surface area (Å²) < 4.78 is 10.7. The number of amides is 1. The van der Waals surface area contributed by atoms with E-state index in [1.54, 1.807) is 49.4 Å². The molecule has 0 atom stereocenters. The van der Waals surface area contributed by atoms with Gasteiger partial charge in [0.15, 0.2) is 0 Å². The van der Waals surface area contributed by atoms with Gasteiger partial charge < -0.3 is 9.15 Å². The van der Waals surface area contributed by atoms with Crippen molar-refractivity contribution >= 4 is 29.4 Å². The zero-order valence-electron chi connectivity index (χ0n) is 14.0. The molecule has 1 amide bonds. The summed E-state index contributed by atoms with van der Waals surface area (Å²) in [5.74, 6) is 0.416. The van der Waals surface area contributed by atoms with E-state index in [9.17, 15) is 9.59 Å². The molecule has 0 fully saturated rings. The van der Waals surface area contributed by atoms with E-state index in [1.165, 1.54) is 17.6 Å². The lowest BCUT2D eigenvalue weighted by atomic mass is 10.1. The van der Waals surface area contributed by atoms with Crippen molar-refractivity contribution in [1.29, 1.82) is 0 Å². The standard InChI is InChI=1S/C19H16N2O4S/c1-2-24-19(23)14-6-3-5-13(11-14)16-9-8-15(25-16)12-20-21-18(22)17-7-4-10-26-17/h3-12H,2H2,1H3,(H,21,22)/b20-12-. The van der Waals surface area contributed by atoms with E-state index in [0.717, 1.165) is 5.56 Å². The molecule has 2 heterocycles. The first kappa shape index (κ1) is 17.6. The number of rotatable bonds is 6. The molecule has 0 aliphatic carbocycles. The van der Waals surface area contributed by atoms with Crippen molar-refractivity contribution in [3.05, 3.63) is 70.1 Å². The van der Waals surface area contributed by atoms with Crippen LogP contribution in [0.3, 0.4) is 0 Å². The lowest BCUT2D eigenvalue weighted by molar-refractivity contribution is 0.0526. The number of hydrogen-bond donors (Lipinski definition) is 1. The first-order valence-electron chi connectivity index (χ1n) is 7.91. The Morgan fingerprint density at radius 2 is 2.12 bits per heavy atom. The van der Waals surface area contributed by atoms with Crippen molar-refractivity contribution in [3.63, 3.8) is 0 Å². The maximum Gasteiger partial charge on any atom is 0.338 e. The zero-order valence-corrected chi connectivity index (χ0v) is 14.8. The summed E-state index contributed by atoms with van der Waals surface area (Å²) >= 11 is 1.34. The highest BCUT2D eigenvalue weighted by atomic mass is 32.1. The number of thiophene rings is 1. The van der Waals surface area contributed by atoms with Crippen LogP contribution in [0.4, 0.5) is 0 Å². The fraction of sp³-hybridized carbons (Fsp3) is 0.105. The van der Waals surface area contributed by atoms with Crippen LogP contribution in [0, 0.1) is 0 Å². The Hall–Kier alpha value is -3.19. The highest BCUT2D eigenvalue weighted by Gasteiger charge is 2.10. The van der Waals surface area contributed by atoms with E-state index in [0.29, 0.717) is 28.6 Å². The average Bonchev–Trinajstić information content (AvgIpc) is 3.34. The Labute approximate surface area is 154 Å². The predicted octanol–water partition coefficient (Wildman–Crippen LogP) is 3.95. The average molecular weight is 368 g/mol. The lowest BCUT2D eigenvalue weighted by Gasteiger charge is -2.03. The number of benzene rings is 1. The van der Waals surface area contributed by atoms with Gasteiger partial charge in [0.25, 0.3) is 5.91 Å². The highest BCUT2D eigenvalue weighted by molar-refractivity contribution is 7.12. The SMILES string of the molecule is CCOC(=O)c1cccc(-c2ccc(/C=N\NC(=O)c3cccs3)o2)c1. The largest absolute Gasteiger partial charge is 0.462 e. The molecule has 3 rings (SSSR count). The van der Waals surface area contributed by atoms with Crippen molar-refractivity contribution in [2.75, 3.05) is 6.61 Å². The Bertz CT molecular complexity index is 929. The van der Waals surface area contributed by atoms with E-state index < -0.39 is 0 Å². The first-order chi connectivity index (χ1) is 12.7. The first-order valence-corrected chi connectivity index (χ1v) is 8.79. The zero-order chi connectivity index (χ0) is 18.4. The van der Waals surface area contributed by atoms with Crippen LogP contribution in [0.5, 0.6) is 0 Å². The molecule has 1 N–H and O–H groups in total. The Kier molecular flexibility index (Phi) is 5.60. The van der Waals surface area contributed by atoms with Gasteiger partial charge in [0, 0.05) is 5.56 Å². The topological polar surface area (TPSA) is 80.9 Å². The van der Waals surface area contributed by atoms with Gasteiger partial charge in [-0.2, -0.15) is 5.10 Å². The molecule has 0 saturated heterocycles. The normalized spacial score (nSPS) is 10.8. The molecule has 0 bridgehead atoms. The number of nitrogens with zero attached hydrogens (tertiary/aromatic N) is 1. The molecule has 7 heteroatoms. The van der Waals surface area contributed by atoms with Gasteiger partial charge in [-0.1, -0.05) is 18.2 Å². The van der Waals surface area contributed by atoms with Gasteiger partial charge in [-0.05, 0) is 42.6 Å². The molecule has 0 radical (unpaired) electrons. The number of ether oxygens (including phenoxy) is 1. The molecule has 0 aliphatic rings. The second-order valence-electron chi connectivity index (χ2n) is 5.18. The summed E-state index contributed by atoms with van der Waals surface area (Å²) in [5, 5.41) is 5.71. The van der Waals surface area contributed by atoms with Gasteiger partial charge in [-0.25, -0.2) is 10.2 Å². The summed E-state index contributed by atoms with van der Waals surface area (Å²) in [6, 6.07) is 14.0. The monoisotopic (exact) mass is 368 g/mol. The number of esters is 1. The second-order valence-corrected chi connectivity index (χ2v) is 6.13. The van der Waals surface area contributed by atoms with Crippen LogP contribution in [0.15, 0.2) is 63.4 Å². The Morgan fingerprint density at radius 3 is 2.88 bits per heavy atom. The Morgan fingerprint density at radius 1 is 1.23 bits per heavy atom. The minimum absolute atomic E-state index is 0.273. The molecular formula is C19H16N2O4S. The Balaban J connectivity index is 1.68. The molecule has 0 aliphatic heterocycles. The summed E-state index contributed by atoms with van der Waals surface area (Å²) in [6.07, 6.45) is 1.42. The van der Waals surface area contributed by atoms with Crippen molar-refractivity contribution < 1.29 is 18.7 Å². The molecule has 6 nitrogen and oxygen atoms in total. The van der Waals surface area contributed by atoms with Crippen LogP contribution >= 0.6 is 11.3 Å². The van der Waals surface area contributed by atoms with Crippen molar-refractivity contribution in [2.24, 2.45) is 5.10 Å². The van der Waals surface area contributed by atoms with Crippen molar-refractivity contribution in [3.8, 4) is 11.3 Å². The number of hydrazone groups is 1. The molecule has 26 heavy (non-hydrogen) atoms. The minimum Gasteiger partial charge on any atom is -0.462 e. The van der Waals surface area contributed by atoms with E-state index in [4.69, 9.17) is 9.15 Å². The number of nitrogens with one attached hydrogen (secondary N) is 1. The maximum absolute atomic E-state index is 11.8. The summed E-state index contributed by atoms with van der Waals surface area (Å²) in [4.78, 5) is 24.2. The van der Waals surface area contributed by atoms with Crippen LogP contribution in [0.25, 0.3) is 11.3 Å². The van der Waals surface area contributed by atoms with Crippen molar-refractivity contribution in [1.82, 2.24) is 5.43 Å². The molecule has 0 saturated carbocycles. The predicted molar refractivity (Wildman–Crippen MR) is 99.5 cm³/mol. The summed E-state index contributed by atoms with van der Waals surface area (Å²) in [5.41, 5.74) is 3.65. The number of carbonyl (C=O) groups excluding carboxylic acids is 2. The maximum atomic E-state index is 11.8. The fourth-order valence-electron chi connectivity index (χ4n) is 2.21. The molecule has 3 aromatic rings. The summed E-state index contributed by atoms with van der Waals surface area (Å²) in [6.45, 7) is 2.08. The van der Waals surface area contributed by atoms with Crippen LogP contribution in [0.2, 0.25) is 0 Å². The van der Waals surface area contributed by atoms with Gasteiger partial charge >= 0.3 is 5.97 Å². The molecule has 0 unspecified atom stereocenters. The molecule has 2 aromatic heterocycles. The van der Waals surface area contributed by atoms with Crippen LogP contribution in [-0.2, 0) is 4.74 Å². The van der Waals surface area contributed by atoms with Crippen LogP contribution in [0.1, 0.15) is 32.7 Å². The van der Waals surface area contributed by atoms with Gasteiger partial charge in [0.05, 0.1) is 23.3 Å². The quantitative estimate of drug-likeness (QED) is 0.406. The number of carbonyl (C=O) groups is 2. The van der Waals surface area contributed by atoms with E-state index in [-0.39, 0.29) is 11.9 Å². The number of furan rings is 1. The third kappa shape index (κ3) is 4.25. The fourth-order valence-corrected chi connectivity index (χ4v) is 2.82.